The first kappa shape index (κ1) is 21.3. The maximum atomic E-state index is 12.9. The number of nitrogens with zero attached hydrogens (tertiary/aromatic N) is 1. The Hall–Kier alpha value is -2.42. The van der Waals surface area contributed by atoms with Gasteiger partial charge in [-0.2, -0.15) is 0 Å². The lowest BCUT2D eigenvalue weighted by molar-refractivity contribution is -0.158. The molecule has 0 saturated carbocycles. The number of carbonyl (C=O) groups is 1. The van der Waals surface area contributed by atoms with Gasteiger partial charge in [0, 0.05) is 18.5 Å². The molecule has 0 aromatic heterocycles. The third-order valence-corrected chi connectivity index (χ3v) is 7.41. The molecule has 0 spiro atoms. The second-order valence-electron chi connectivity index (χ2n) is 7.90. The summed E-state index contributed by atoms with van der Waals surface area (Å²) in [6.07, 6.45) is 0.102. The highest BCUT2D eigenvalue weighted by molar-refractivity contribution is 7.91. The first-order chi connectivity index (χ1) is 13.2. The summed E-state index contributed by atoms with van der Waals surface area (Å²) < 4.78 is 31.6. The van der Waals surface area contributed by atoms with Crippen LogP contribution >= 0.6 is 0 Å². The predicted molar refractivity (Wildman–Crippen MR) is 106 cm³/mol. The lowest BCUT2D eigenvalue weighted by Crippen LogP contribution is -2.50. The minimum Gasteiger partial charge on any atom is -0.464 e. The maximum Gasteiger partial charge on any atom is 0.223 e. The van der Waals surface area contributed by atoms with E-state index in [1.165, 1.54) is 6.07 Å². The van der Waals surface area contributed by atoms with E-state index in [0.717, 1.165) is 12.0 Å². The van der Waals surface area contributed by atoms with E-state index in [9.17, 15) is 18.3 Å². The molecule has 1 amide bonds. The van der Waals surface area contributed by atoms with Crippen molar-refractivity contribution in [2.24, 2.45) is 5.41 Å². The van der Waals surface area contributed by atoms with Gasteiger partial charge < -0.3 is 20.2 Å². The molecule has 2 atom stereocenters. The first-order valence-corrected chi connectivity index (χ1v) is 10.8. The van der Waals surface area contributed by atoms with Gasteiger partial charge in [0.15, 0.2) is 0 Å². The number of fused-ring (bicyclic) bond motifs is 1. The smallest absolute Gasteiger partial charge is 0.223 e. The van der Waals surface area contributed by atoms with Crippen molar-refractivity contribution in [3.63, 3.8) is 0 Å². The van der Waals surface area contributed by atoms with Crippen molar-refractivity contribution in [1.82, 2.24) is 4.90 Å². The third kappa shape index (κ3) is 3.41. The molecular weight excluding hydrogens is 394 g/mol. The summed E-state index contributed by atoms with van der Waals surface area (Å²) in [5, 5.41) is 10.6. The van der Waals surface area contributed by atoms with Crippen molar-refractivity contribution in [3.8, 4) is 5.75 Å². The largest absolute Gasteiger partial charge is 0.464 e. The normalized spacial score (nSPS) is 23.1. The van der Waals surface area contributed by atoms with Crippen molar-refractivity contribution in [3.05, 3.63) is 54.1 Å². The highest BCUT2D eigenvalue weighted by atomic mass is 32.2. The molecule has 2 aliphatic rings. The van der Waals surface area contributed by atoms with Gasteiger partial charge in [-0.25, -0.2) is 8.42 Å². The van der Waals surface area contributed by atoms with Crippen molar-refractivity contribution in [1.29, 1.82) is 0 Å². The molecule has 3 N–H and O–H groups in total. The van der Waals surface area contributed by atoms with E-state index in [2.05, 4.69) is 0 Å². The van der Waals surface area contributed by atoms with Gasteiger partial charge in [-0.05, 0) is 30.7 Å². The van der Waals surface area contributed by atoms with Crippen LogP contribution in [0.2, 0.25) is 0 Å². The summed E-state index contributed by atoms with van der Waals surface area (Å²) in [4.78, 5) is 14.5. The second-order valence-corrected chi connectivity index (χ2v) is 9.85. The van der Waals surface area contributed by atoms with Crippen LogP contribution in [-0.2, 0) is 14.6 Å². The van der Waals surface area contributed by atoms with Crippen molar-refractivity contribution in [2.75, 3.05) is 6.54 Å². The van der Waals surface area contributed by atoms with Crippen LogP contribution in [0.25, 0.3) is 0 Å². The molecule has 7 nitrogen and oxygen atoms in total. The maximum absolute atomic E-state index is 12.9. The van der Waals surface area contributed by atoms with Crippen LogP contribution in [0.5, 0.6) is 5.75 Å². The third-order valence-electron chi connectivity index (χ3n) is 5.64. The Labute approximate surface area is 170 Å². The fourth-order valence-electron chi connectivity index (χ4n) is 4.07. The fourth-order valence-corrected chi connectivity index (χ4v) is 5.36. The van der Waals surface area contributed by atoms with Crippen molar-refractivity contribution < 1.29 is 28.5 Å². The molecule has 0 bridgehead atoms. The molecular formula is C21H25NO6S. The standard InChI is InChI=1S/C21H23NO5S.H2O/c1-21(2)19(22-12-6-9-18(22)23)16-11-10-15(13-17(16)27-20(21)24)28(25,26)14-7-4-3-5-8-14;/h3-5,7-8,10-11,13,19-20,24H,6,9,12H2,1-2H3;1H2/t19?,20-;/m0./s1. The predicted octanol–water partition coefficient (Wildman–Crippen LogP) is 2.10. The molecule has 2 aliphatic heterocycles. The molecule has 1 saturated heterocycles. The highest BCUT2D eigenvalue weighted by Crippen LogP contribution is 2.50. The zero-order chi connectivity index (χ0) is 20.1. The number of amides is 1. The number of aliphatic hydroxyl groups excluding tert-OH is 1. The summed E-state index contributed by atoms with van der Waals surface area (Å²) >= 11 is 0. The van der Waals surface area contributed by atoms with Crippen LogP contribution in [0.4, 0.5) is 0 Å². The minimum atomic E-state index is -3.71. The van der Waals surface area contributed by atoms with Gasteiger partial charge in [-0.3, -0.25) is 4.79 Å². The first-order valence-electron chi connectivity index (χ1n) is 9.31. The average molecular weight is 419 g/mol. The van der Waals surface area contributed by atoms with Crippen LogP contribution in [0.3, 0.4) is 0 Å². The molecule has 2 aromatic carbocycles. The average Bonchev–Trinajstić information content (AvgIpc) is 3.08. The number of rotatable bonds is 3. The minimum absolute atomic E-state index is 0. The Balaban J connectivity index is 0.00000240. The van der Waals surface area contributed by atoms with Crippen LogP contribution < -0.4 is 4.74 Å². The Morgan fingerprint density at radius 3 is 2.41 bits per heavy atom. The number of sulfone groups is 1. The molecule has 8 heteroatoms. The fraction of sp³-hybridized carbons (Fsp3) is 0.381. The molecule has 1 fully saturated rings. The van der Waals surface area contributed by atoms with Gasteiger partial charge in [0.05, 0.1) is 21.2 Å². The van der Waals surface area contributed by atoms with E-state index in [0.29, 0.717) is 18.7 Å². The van der Waals surface area contributed by atoms with Gasteiger partial charge in [0.2, 0.25) is 22.0 Å². The van der Waals surface area contributed by atoms with E-state index in [4.69, 9.17) is 4.74 Å². The quantitative estimate of drug-likeness (QED) is 0.818. The highest BCUT2D eigenvalue weighted by Gasteiger charge is 2.49. The van der Waals surface area contributed by atoms with E-state index < -0.39 is 21.5 Å². The topological polar surface area (TPSA) is 115 Å². The van der Waals surface area contributed by atoms with Crippen molar-refractivity contribution in [2.45, 2.75) is 48.8 Å². The SMILES string of the molecule is CC1(C)C(N2CCCC2=O)c2ccc(S(=O)(=O)c3ccccc3)cc2O[C@@H]1O.O. The van der Waals surface area contributed by atoms with E-state index in [1.807, 2.05) is 13.8 Å². The molecule has 0 aliphatic carbocycles. The molecule has 29 heavy (non-hydrogen) atoms. The summed E-state index contributed by atoms with van der Waals surface area (Å²) in [5.74, 6) is 0.340. The second kappa shape index (κ2) is 7.44. The number of carbonyl (C=O) groups excluding carboxylic acids is 1. The summed E-state index contributed by atoms with van der Waals surface area (Å²) in [6.45, 7) is 4.32. The zero-order valence-electron chi connectivity index (χ0n) is 16.3. The van der Waals surface area contributed by atoms with Gasteiger partial charge >= 0.3 is 0 Å². The van der Waals surface area contributed by atoms with Crippen LogP contribution in [0.1, 0.15) is 38.3 Å². The number of hydrogen-bond donors (Lipinski definition) is 1. The number of ether oxygens (including phenoxy) is 1. The van der Waals surface area contributed by atoms with Gasteiger partial charge in [-0.1, -0.05) is 38.1 Å². The number of likely N-dealkylation sites (tertiary alicyclic amines) is 1. The van der Waals surface area contributed by atoms with Gasteiger partial charge in [0.25, 0.3) is 0 Å². The lowest BCUT2D eigenvalue weighted by atomic mass is 9.76. The van der Waals surface area contributed by atoms with Crippen LogP contribution in [-0.4, -0.2) is 42.6 Å². The zero-order valence-corrected chi connectivity index (χ0v) is 17.1. The molecule has 1 unspecified atom stereocenters. The Morgan fingerprint density at radius 2 is 1.79 bits per heavy atom. The van der Waals surface area contributed by atoms with Crippen LogP contribution in [0.15, 0.2) is 58.3 Å². The molecule has 0 radical (unpaired) electrons. The Morgan fingerprint density at radius 1 is 1.10 bits per heavy atom. The lowest BCUT2D eigenvalue weighted by Gasteiger charge is -2.47. The molecule has 156 valence electrons. The van der Waals surface area contributed by atoms with Gasteiger partial charge in [0.1, 0.15) is 5.75 Å². The summed E-state index contributed by atoms with van der Waals surface area (Å²) in [6, 6.07) is 12.5. The molecule has 2 heterocycles. The monoisotopic (exact) mass is 419 g/mol. The molecule has 4 rings (SSSR count). The van der Waals surface area contributed by atoms with E-state index in [-0.39, 0.29) is 27.2 Å². The van der Waals surface area contributed by atoms with Crippen molar-refractivity contribution >= 4 is 15.7 Å². The Bertz CT molecular complexity index is 1020. The van der Waals surface area contributed by atoms with Gasteiger partial charge in [-0.15, -0.1) is 0 Å². The number of aliphatic hydroxyl groups is 1. The summed E-state index contributed by atoms with van der Waals surface area (Å²) in [5.41, 5.74) is -0.00938. The van der Waals surface area contributed by atoms with E-state index in [1.54, 1.807) is 47.4 Å². The number of benzene rings is 2. The van der Waals surface area contributed by atoms with Crippen LogP contribution in [0, 0.1) is 5.41 Å². The number of hydrogen-bond acceptors (Lipinski definition) is 5. The Kier molecular flexibility index (Phi) is 5.46. The van der Waals surface area contributed by atoms with E-state index >= 15 is 0 Å². The molecule has 2 aromatic rings. The summed E-state index contributed by atoms with van der Waals surface area (Å²) in [7, 11) is -3.71.